The molecule has 2 aromatic rings. The third kappa shape index (κ3) is 2.95. The van der Waals surface area contributed by atoms with Crippen LogP contribution in [0.2, 0.25) is 0 Å². The zero-order valence-corrected chi connectivity index (χ0v) is 14.1. The quantitative estimate of drug-likeness (QED) is 0.877. The molecule has 1 saturated heterocycles. The summed E-state index contributed by atoms with van der Waals surface area (Å²) in [5, 5.41) is 11.8. The van der Waals surface area contributed by atoms with Gasteiger partial charge in [0.25, 0.3) is 0 Å². The van der Waals surface area contributed by atoms with Gasteiger partial charge in [0.2, 0.25) is 5.52 Å². The Morgan fingerprint density at radius 3 is 2.41 bits per heavy atom. The zero-order chi connectivity index (χ0) is 15.7. The average Bonchev–Trinajstić information content (AvgIpc) is 2.73. The van der Waals surface area contributed by atoms with Crippen LogP contribution in [-0.4, -0.2) is 18.2 Å². The van der Waals surface area contributed by atoms with Gasteiger partial charge in [-0.15, -0.1) is 0 Å². The Kier molecular flexibility index (Phi) is 4.34. The molecule has 0 aliphatic carbocycles. The van der Waals surface area contributed by atoms with Gasteiger partial charge in [-0.1, -0.05) is 0 Å². The van der Waals surface area contributed by atoms with E-state index >= 15 is 0 Å². The summed E-state index contributed by atoms with van der Waals surface area (Å²) in [5.74, 6) is 0.481. The Morgan fingerprint density at radius 1 is 1.05 bits per heavy atom. The fourth-order valence-corrected chi connectivity index (χ4v) is 3.80. The number of aromatic amines is 1. The molecule has 3 nitrogen and oxygen atoms in total. The zero-order valence-electron chi connectivity index (χ0n) is 14.1. The number of aromatic nitrogens is 1. The van der Waals surface area contributed by atoms with Crippen molar-refractivity contribution in [3.8, 4) is 5.75 Å². The van der Waals surface area contributed by atoms with Crippen molar-refractivity contribution >= 4 is 10.9 Å². The van der Waals surface area contributed by atoms with Crippen molar-refractivity contribution in [1.29, 1.82) is 0 Å². The van der Waals surface area contributed by atoms with E-state index in [1.165, 1.54) is 49.9 Å². The molecule has 3 N–H and O–H groups in total. The first-order chi connectivity index (χ1) is 10.6. The maximum atomic E-state index is 10.8. The van der Waals surface area contributed by atoms with Gasteiger partial charge >= 0.3 is 0 Å². The number of rotatable bonds is 2. The van der Waals surface area contributed by atoms with Crippen LogP contribution in [0.3, 0.4) is 0 Å². The lowest BCUT2D eigenvalue weighted by Crippen LogP contribution is -3.10. The van der Waals surface area contributed by atoms with E-state index in [0.717, 1.165) is 28.7 Å². The molecule has 1 aliphatic rings. The largest absolute Gasteiger partial charge is 0.506 e. The number of benzene rings is 1. The lowest BCUT2D eigenvalue weighted by Gasteiger charge is -2.18. The van der Waals surface area contributed by atoms with E-state index in [0.29, 0.717) is 5.75 Å². The van der Waals surface area contributed by atoms with Crippen molar-refractivity contribution in [1.82, 2.24) is 0 Å². The fraction of sp³-hybridized carbons (Fsp3) is 0.526. The van der Waals surface area contributed by atoms with Crippen LogP contribution in [0.15, 0.2) is 12.1 Å². The molecule has 1 aromatic carbocycles. The Labute approximate surface area is 133 Å². The van der Waals surface area contributed by atoms with Gasteiger partial charge in [-0.25, -0.2) is 4.98 Å². The van der Waals surface area contributed by atoms with Crippen LogP contribution in [-0.2, 0) is 6.54 Å². The van der Waals surface area contributed by atoms with E-state index < -0.39 is 0 Å². The molecule has 1 aromatic heterocycles. The predicted molar refractivity (Wildman–Crippen MR) is 89.2 cm³/mol. The maximum absolute atomic E-state index is 10.8. The van der Waals surface area contributed by atoms with Crippen LogP contribution in [0.25, 0.3) is 10.9 Å². The first-order valence-electron chi connectivity index (χ1n) is 8.54. The highest BCUT2D eigenvalue weighted by atomic mass is 16.3. The highest BCUT2D eigenvalue weighted by Crippen LogP contribution is 2.29. The minimum Gasteiger partial charge on any atom is -0.506 e. The molecule has 0 amide bonds. The van der Waals surface area contributed by atoms with E-state index in [1.807, 2.05) is 0 Å². The van der Waals surface area contributed by atoms with Crippen molar-refractivity contribution in [2.24, 2.45) is 0 Å². The number of nitrogens with one attached hydrogen (secondary N) is 2. The molecule has 0 radical (unpaired) electrons. The molecule has 118 valence electrons. The van der Waals surface area contributed by atoms with Crippen molar-refractivity contribution in [2.75, 3.05) is 13.1 Å². The van der Waals surface area contributed by atoms with Gasteiger partial charge in [0.05, 0.1) is 18.5 Å². The number of aryl methyl sites for hydroxylation is 3. The smallest absolute Gasteiger partial charge is 0.217 e. The van der Waals surface area contributed by atoms with Crippen LogP contribution >= 0.6 is 0 Å². The standard InChI is InChI=1S/C19H26N2O/c1-13-10-14(2)18-16(11-13)19(22)17(15(3)20-18)12-21-8-6-4-5-7-9-21/h10-11H,4-9,12H2,1-3H3,(H,20,22)/p+2. The second kappa shape index (κ2) is 6.25. The Balaban J connectivity index is 2.02. The van der Waals surface area contributed by atoms with Crippen LogP contribution < -0.4 is 9.88 Å². The molecule has 0 spiro atoms. The minimum absolute atomic E-state index is 0.481. The first-order valence-corrected chi connectivity index (χ1v) is 8.54. The molecular weight excluding hydrogens is 272 g/mol. The number of hydrogen-bond acceptors (Lipinski definition) is 1. The molecule has 1 aliphatic heterocycles. The maximum Gasteiger partial charge on any atom is 0.217 e. The molecule has 1 fully saturated rings. The number of hydrogen-bond donors (Lipinski definition) is 2. The fourth-order valence-electron chi connectivity index (χ4n) is 3.80. The van der Waals surface area contributed by atoms with Crippen molar-refractivity contribution in [3.63, 3.8) is 0 Å². The number of likely N-dealkylation sites (tertiary alicyclic amines) is 1. The summed E-state index contributed by atoms with van der Waals surface area (Å²) in [5.41, 5.74) is 5.66. The second-order valence-electron chi connectivity index (χ2n) is 6.92. The Morgan fingerprint density at radius 2 is 1.73 bits per heavy atom. The number of quaternary nitrogens is 1. The molecule has 3 rings (SSSR count). The predicted octanol–water partition coefficient (Wildman–Crippen LogP) is 2.24. The van der Waals surface area contributed by atoms with Gasteiger partial charge < -0.3 is 10.0 Å². The Hall–Kier alpha value is -1.61. The molecule has 0 bridgehead atoms. The lowest BCUT2D eigenvalue weighted by atomic mass is 10.0. The van der Waals surface area contributed by atoms with Gasteiger partial charge in [-0.2, -0.15) is 0 Å². The third-order valence-electron chi connectivity index (χ3n) is 5.02. The summed E-state index contributed by atoms with van der Waals surface area (Å²) >= 11 is 0. The topological polar surface area (TPSA) is 38.8 Å². The number of fused-ring (bicyclic) bond motifs is 1. The van der Waals surface area contributed by atoms with Crippen molar-refractivity contribution in [2.45, 2.75) is 53.0 Å². The Bertz CT molecular complexity index is 686. The summed E-state index contributed by atoms with van der Waals surface area (Å²) in [4.78, 5) is 5.13. The van der Waals surface area contributed by atoms with E-state index in [4.69, 9.17) is 0 Å². The van der Waals surface area contributed by atoms with Crippen LogP contribution in [0.5, 0.6) is 5.75 Å². The summed E-state index contributed by atoms with van der Waals surface area (Å²) in [6.45, 7) is 9.66. The van der Waals surface area contributed by atoms with Crippen molar-refractivity contribution in [3.05, 3.63) is 34.5 Å². The van der Waals surface area contributed by atoms with E-state index in [9.17, 15) is 5.11 Å². The van der Waals surface area contributed by atoms with Crippen molar-refractivity contribution < 1.29 is 15.0 Å². The van der Waals surface area contributed by atoms with Gasteiger partial charge in [0.15, 0.2) is 5.69 Å². The second-order valence-corrected chi connectivity index (χ2v) is 6.92. The normalized spacial score (nSPS) is 16.9. The van der Waals surface area contributed by atoms with E-state index in [-0.39, 0.29) is 0 Å². The number of aromatic hydroxyl groups is 1. The molecule has 0 unspecified atom stereocenters. The average molecular weight is 300 g/mol. The van der Waals surface area contributed by atoms with Gasteiger partial charge in [-0.05, 0) is 57.2 Å². The van der Waals surface area contributed by atoms with E-state index in [2.05, 4.69) is 37.9 Å². The lowest BCUT2D eigenvalue weighted by molar-refractivity contribution is -0.913. The van der Waals surface area contributed by atoms with Gasteiger partial charge in [-0.3, -0.25) is 0 Å². The SMILES string of the molecule is Cc1cc(C)c2[nH+]c(C)c(C[NH+]3CCCCCC3)c(O)c2c1. The molecule has 3 heteroatoms. The first kappa shape index (κ1) is 15.3. The molecule has 22 heavy (non-hydrogen) atoms. The van der Waals surface area contributed by atoms with Gasteiger partial charge in [0, 0.05) is 12.5 Å². The summed E-state index contributed by atoms with van der Waals surface area (Å²) in [6, 6.07) is 4.26. The molecular formula is C19H28N2O+2. The minimum atomic E-state index is 0.481. The third-order valence-corrected chi connectivity index (χ3v) is 5.02. The highest BCUT2D eigenvalue weighted by molar-refractivity contribution is 5.86. The number of H-pyrrole nitrogens is 1. The summed E-state index contributed by atoms with van der Waals surface area (Å²) < 4.78 is 0. The number of pyridine rings is 1. The summed E-state index contributed by atoms with van der Waals surface area (Å²) in [6.07, 6.45) is 5.34. The summed E-state index contributed by atoms with van der Waals surface area (Å²) in [7, 11) is 0. The highest BCUT2D eigenvalue weighted by Gasteiger charge is 2.23. The van der Waals surface area contributed by atoms with E-state index in [1.54, 1.807) is 4.90 Å². The molecule has 0 saturated carbocycles. The molecule has 2 heterocycles. The van der Waals surface area contributed by atoms with Crippen LogP contribution in [0.1, 0.15) is 48.1 Å². The van der Waals surface area contributed by atoms with Crippen LogP contribution in [0, 0.1) is 20.8 Å². The monoisotopic (exact) mass is 300 g/mol. The van der Waals surface area contributed by atoms with Crippen LogP contribution in [0.4, 0.5) is 0 Å². The molecule has 0 atom stereocenters. The van der Waals surface area contributed by atoms with Gasteiger partial charge in [0.1, 0.15) is 17.9 Å².